The number of nitrogens with two attached hydrogens (primary N) is 1. The van der Waals surface area contributed by atoms with Crippen LogP contribution in [0, 0.1) is 0 Å². The van der Waals surface area contributed by atoms with Crippen molar-refractivity contribution in [2.24, 2.45) is 0 Å². The van der Waals surface area contributed by atoms with E-state index in [1.165, 1.54) is 0 Å². The number of hydrogen-bond acceptors (Lipinski definition) is 3. The molecule has 0 aromatic heterocycles. The molecular formula is C16H25N3O. The summed E-state index contributed by atoms with van der Waals surface area (Å²) in [7, 11) is 0. The summed E-state index contributed by atoms with van der Waals surface area (Å²) in [6.07, 6.45) is 2.02. The van der Waals surface area contributed by atoms with E-state index in [-0.39, 0.29) is 17.5 Å². The smallest absolute Gasteiger partial charge is 0.251 e. The fourth-order valence-corrected chi connectivity index (χ4v) is 2.60. The van der Waals surface area contributed by atoms with Gasteiger partial charge < -0.3 is 11.1 Å². The fraction of sp³-hybridized carbons (Fsp3) is 0.562. The van der Waals surface area contributed by atoms with E-state index in [4.69, 9.17) is 5.73 Å². The first-order valence-corrected chi connectivity index (χ1v) is 7.28. The number of rotatable bonds is 2. The van der Waals surface area contributed by atoms with Gasteiger partial charge >= 0.3 is 0 Å². The predicted octanol–water partition coefficient (Wildman–Crippen LogP) is 2.26. The van der Waals surface area contributed by atoms with E-state index in [1.807, 2.05) is 0 Å². The average Bonchev–Trinajstić information content (AvgIpc) is 2.39. The van der Waals surface area contributed by atoms with Crippen LogP contribution in [0.5, 0.6) is 0 Å². The lowest BCUT2D eigenvalue weighted by Crippen LogP contribution is -2.50. The van der Waals surface area contributed by atoms with Gasteiger partial charge in [-0.2, -0.15) is 0 Å². The van der Waals surface area contributed by atoms with E-state index in [1.54, 1.807) is 24.3 Å². The second kappa shape index (κ2) is 5.83. The van der Waals surface area contributed by atoms with Crippen LogP contribution in [-0.2, 0) is 0 Å². The van der Waals surface area contributed by atoms with Crippen LogP contribution in [0.15, 0.2) is 24.3 Å². The number of hydrogen-bond donors (Lipinski definition) is 2. The number of amides is 1. The Balaban J connectivity index is 1.86. The average molecular weight is 275 g/mol. The molecule has 20 heavy (non-hydrogen) atoms. The Morgan fingerprint density at radius 1 is 1.20 bits per heavy atom. The van der Waals surface area contributed by atoms with Crippen molar-refractivity contribution in [2.75, 3.05) is 18.8 Å². The molecule has 4 heteroatoms. The van der Waals surface area contributed by atoms with Gasteiger partial charge in [0.2, 0.25) is 0 Å². The van der Waals surface area contributed by atoms with E-state index >= 15 is 0 Å². The minimum atomic E-state index is -0.000733. The number of nitrogens with one attached hydrogen (secondary N) is 1. The van der Waals surface area contributed by atoms with Gasteiger partial charge in [-0.1, -0.05) is 0 Å². The van der Waals surface area contributed by atoms with Crippen LogP contribution in [-0.4, -0.2) is 35.5 Å². The van der Waals surface area contributed by atoms with Crippen LogP contribution >= 0.6 is 0 Å². The van der Waals surface area contributed by atoms with Crippen LogP contribution in [0.3, 0.4) is 0 Å². The number of nitrogen functional groups attached to an aromatic ring is 1. The molecule has 0 atom stereocenters. The van der Waals surface area contributed by atoms with E-state index in [9.17, 15) is 4.79 Å². The SMILES string of the molecule is CC(C)(C)N1CCC(NC(=O)c2ccc(N)cc2)CC1. The molecule has 110 valence electrons. The number of carbonyl (C=O) groups is 1. The minimum absolute atomic E-state index is 0.000733. The lowest BCUT2D eigenvalue weighted by Gasteiger charge is -2.41. The van der Waals surface area contributed by atoms with Gasteiger partial charge in [0, 0.05) is 35.9 Å². The molecule has 2 rings (SSSR count). The molecule has 0 bridgehead atoms. The molecule has 1 heterocycles. The van der Waals surface area contributed by atoms with E-state index in [0.29, 0.717) is 11.3 Å². The first-order valence-electron chi connectivity index (χ1n) is 7.28. The highest BCUT2D eigenvalue weighted by Gasteiger charge is 2.27. The Morgan fingerprint density at radius 3 is 2.25 bits per heavy atom. The Bertz CT molecular complexity index is 454. The molecule has 1 saturated heterocycles. The van der Waals surface area contributed by atoms with Crippen molar-refractivity contribution in [1.29, 1.82) is 0 Å². The van der Waals surface area contributed by atoms with Crippen molar-refractivity contribution in [2.45, 2.75) is 45.2 Å². The van der Waals surface area contributed by atoms with Crippen molar-refractivity contribution in [3.63, 3.8) is 0 Å². The second-order valence-corrected chi connectivity index (χ2v) is 6.53. The molecule has 0 saturated carbocycles. The van der Waals surface area contributed by atoms with Gasteiger partial charge in [-0.25, -0.2) is 0 Å². The molecule has 0 aliphatic carbocycles. The molecule has 1 fully saturated rings. The topological polar surface area (TPSA) is 58.4 Å². The molecule has 1 aromatic carbocycles. The van der Waals surface area contributed by atoms with Gasteiger partial charge in [-0.05, 0) is 57.9 Å². The highest BCUT2D eigenvalue weighted by Crippen LogP contribution is 2.20. The third kappa shape index (κ3) is 3.73. The summed E-state index contributed by atoms with van der Waals surface area (Å²) < 4.78 is 0. The Morgan fingerprint density at radius 2 is 1.75 bits per heavy atom. The molecule has 1 aliphatic heterocycles. The largest absolute Gasteiger partial charge is 0.399 e. The van der Waals surface area contributed by atoms with Crippen molar-refractivity contribution in [3.05, 3.63) is 29.8 Å². The molecule has 0 radical (unpaired) electrons. The second-order valence-electron chi connectivity index (χ2n) is 6.53. The van der Waals surface area contributed by atoms with Gasteiger partial charge in [-0.15, -0.1) is 0 Å². The van der Waals surface area contributed by atoms with Gasteiger partial charge in [0.05, 0.1) is 0 Å². The minimum Gasteiger partial charge on any atom is -0.399 e. The highest BCUT2D eigenvalue weighted by molar-refractivity contribution is 5.94. The molecule has 0 unspecified atom stereocenters. The maximum absolute atomic E-state index is 12.1. The van der Waals surface area contributed by atoms with Crippen molar-refractivity contribution >= 4 is 11.6 Å². The zero-order chi connectivity index (χ0) is 14.8. The third-order valence-electron chi connectivity index (χ3n) is 3.95. The van der Waals surface area contributed by atoms with Gasteiger partial charge in [0.25, 0.3) is 5.91 Å². The summed E-state index contributed by atoms with van der Waals surface area (Å²) in [5.74, 6) is -0.000733. The quantitative estimate of drug-likeness (QED) is 0.814. The zero-order valence-electron chi connectivity index (χ0n) is 12.6. The highest BCUT2D eigenvalue weighted by atomic mass is 16.1. The molecule has 1 aromatic rings. The van der Waals surface area contributed by atoms with Crippen LogP contribution in [0.2, 0.25) is 0 Å². The number of nitrogens with zero attached hydrogens (tertiary/aromatic N) is 1. The van der Waals surface area contributed by atoms with Crippen molar-refractivity contribution < 1.29 is 4.79 Å². The van der Waals surface area contributed by atoms with E-state index in [0.717, 1.165) is 25.9 Å². The number of likely N-dealkylation sites (tertiary alicyclic amines) is 1. The fourth-order valence-electron chi connectivity index (χ4n) is 2.60. The maximum Gasteiger partial charge on any atom is 0.251 e. The van der Waals surface area contributed by atoms with E-state index < -0.39 is 0 Å². The molecule has 1 amide bonds. The van der Waals surface area contributed by atoms with Crippen molar-refractivity contribution in [3.8, 4) is 0 Å². The van der Waals surface area contributed by atoms with Gasteiger partial charge in [0.1, 0.15) is 0 Å². The molecular weight excluding hydrogens is 250 g/mol. The molecule has 3 N–H and O–H groups in total. The predicted molar refractivity (Wildman–Crippen MR) is 82.7 cm³/mol. The third-order valence-corrected chi connectivity index (χ3v) is 3.95. The Hall–Kier alpha value is -1.55. The first kappa shape index (κ1) is 14.9. The molecule has 1 aliphatic rings. The number of carbonyl (C=O) groups excluding carboxylic acids is 1. The molecule has 0 spiro atoms. The number of piperidine rings is 1. The summed E-state index contributed by atoms with van der Waals surface area (Å²) in [5.41, 5.74) is 7.20. The summed E-state index contributed by atoms with van der Waals surface area (Å²) >= 11 is 0. The lowest BCUT2D eigenvalue weighted by atomic mass is 9.98. The normalized spacial score (nSPS) is 17.9. The van der Waals surface area contributed by atoms with Crippen LogP contribution in [0.1, 0.15) is 44.0 Å². The Labute approximate surface area is 121 Å². The lowest BCUT2D eigenvalue weighted by molar-refractivity contribution is 0.0812. The van der Waals surface area contributed by atoms with Gasteiger partial charge in [0.15, 0.2) is 0 Å². The summed E-state index contributed by atoms with van der Waals surface area (Å²) in [5, 5.41) is 3.12. The van der Waals surface area contributed by atoms with Gasteiger partial charge in [-0.3, -0.25) is 9.69 Å². The summed E-state index contributed by atoms with van der Waals surface area (Å²) in [4.78, 5) is 14.6. The monoisotopic (exact) mass is 275 g/mol. The first-order chi connectivity index (χ1) is 9.36. The number of benzene rings is 1. The molecule has 4 nitrogen and oxygen atoms in total. The van der Waals surface area contributed by atoms with Crippen LogP contribution < -0.4 is 11.1 Å². The number of anilines is 1. The zero-order valence-corrected chi connectivity index (χ0v) is 12.6. The standard InChI is InChI=1S/C16H25N3O/c1-16(2,3)19-10-8-14(9-11-19)18-15(20)12-4-6-13(17)7-5-12/h4-7,14H,8-11,17H2,1-3H3,(H,18,20). The van der Waals surface area contributed by atoms with Crippen LogP contribution in [0.4, 0.5) is 5.69 Å². The van der Waals surface area contributed by atoms with Crippen LogP contribution in [0.25, 0.3) is 0 Å². The summed E-state index contributed by atoms with van der Waals surface area (Å²) in [6.45, 7) is 8.78. The van der Waals surface area contributed by atoms with Crippen molar-refractivity contribution in [1.82, 2.24) is 10.2 Å². The maximum atomic E-state index is 12.1. The van der Waals surface area contributed by atoms with E-state index in [2.05, 4.69) is 31.0 Å². The summed E-state index contributed by atoms with van der Waals surface area (Å²) in [6, 6.07) is 7.34. The Kier molecular flexibility index (Phi) is 4.33.